The van der Waals surface area contributed by atoms with E-state index in [1.54, 1.807) is 12.1 Å². The van der Waals surface area contributed by atoms with Crippen LogP contribution in [-0.4, -0.2) is 47.4 Å². The van der Waals surface area contributed by atoms with Crippen LogP contribution in [-0.2, 0) is 0 Å². The minimum atomic E-state index is -0.239. The largest absolute Gasteiger partial charge is 0.490 e. The summed E-state index contributed by atoms with van der Waals surface area (Å²) < 4.78 is 21.0. The topological polar surface area (TPSA) is 37.6 Å². The Hall–Kier alpha value is -2.63. The van der Waals surface area contributed by atoms with Crippen LogP contribution in [0.1, 0.15) is 6.92 Å². The lowest BCUT2D eigenvalue weighted by Gasteiger charge is -2.16. The number of aliphatic hydroxyl groups is 1. The van der Waals surface area contributed by atoms with Crippen molar-refractivity contribution in [3.63, 3.8) is 0 Å². The van der Waals surface area contributed by atoms with Gasteiger partial charge in [-0.05, 0) is 55.1 Å². The smallest absolute Gasteiger partial charge is 0.123 e. The average molecular weight is 368 g/mol. The molecule has 0 saturated heterocycles. The predicted molar refractivity (Wildman–Crippen MR) is 107 cm³/mol. The van der Waals surface area contributed by atoms with Gasteiger partial charge in [0.1, 0.15) is 18.2 Å². The third-order valence-electron chi connectivity index (χ3n) is 4.51. The lowest BCUT2D eigenvalue weighted by atomic mass is 10.2. The molecule has 142 valence electrons. The number of fused-ring (bicyclic) bond motifs is 1. The molecule has 0 spiro atoms. The third kappa shape index (κ3) is 4.96. The Morgan fingerprint density at radius 2 is 1.93 bits per heavy atom. The SMILES string of the molecule is CCN(C/C=C/COc1ccc2c(ccn2-c2ccc(F)cc2)c1)CCO. The highest BCUT2D eigenvalue weighted by atomic mass is 19.1. The molecule has 0 aliphatic heterocycles. The zero-order valence-corrected chi connectivity index (χ0v) is 15.5. The lowest BCUT2D eigenvalue weighted by Crippen LogP contribution is -2.26. The molecule has 2 aromatic carbocycles. The first kappa shape index (κ1) is 19.1. The van der Waals surface area contributed by atoms with Crippen molar-refractivity contribution in [2.75, 3.05) is 32.8 Å². The molecule has 5 heteroatoms. The maximum Gasteiger partial charge on any atom is 0.123 e. The Morgan fingerprint density at radius 3 is 2.67 bits per heavy atom. The number of rotatable bonds is 9. The zero-order chi connectivity index (χ0) is 19.1. The van der Waals surface area contributed by atoms with Crippen LogP contribution in [0.5, 0.6) is 5.75 Å². The summed E-state index contributed by atoms with van der Waals surface area (Å²) in [6, 6.07) is 14.4. The summed E-state index contributed by atoms with van der Waals surface area (Å²) in [6.45, 7) is 5.15. The van der Waals surface area contributed by atoms with Crippen molar-refractivity contribution in [2.45, 2.75) is 6.92 Å². The summed E-state index contributed by atoms with van der Waals surface area (Å²) in [7, 11) is 0. The summed E-state index contributed by atoms with van der Waals surface area (Å²) in [5.74, 6) is 0.573. The van der Waals surface area contributed by atoms with E-state index < -0.39 is 0 Å². The molecule has 27 heavy (non-hydrogen) atoms. The molecule has 3 aromatic rings. The van der Waals surface area contributed by atoms with E-state index in [-0.39, 0.29) is 12.4 Å². The molecule has 0 aliphatic carbocycles. The van der Waals surface area contributed by atoms with Crippen LogP contribution in [0.3, 0.4) is 0 Å². The molecule has 0 saturated carbocycles. The first-order valence-corrected chi connectivity index (χ1v) is 9.19. The fraction of sp³-hybridized carbons (Fsp3) is 0.273. The summed E-state index contributed by atoms with van der Waals surface area (Å²) >= 11 is 0. The van der Waals surface area contributed by atoms with E-state index in [1.165, 1.54) is 12.1 Å². The van der Waals surface area contributed by atoms with Gasteiger partial charge in [-0.15, -0.1) is 0 Å². The van der Waals surface area contributed by atoms with E-state index in [9.17, 15) is 4.39 Å². The fourth-order valence-corrected chi connectivity index (χ4v) is 2.99. The van der Waals surface area contributed by atoms with E-state index in [0.29, 0.717) is 13.2 Å². The highest BCUT2D eigenvalue weighted by Gasteiger charge is 2.05. The van der Waals surface area contributed by atoms with Gasteiger partial charge in [0.25, 0.3) is 0 Å². The van der Waals surface area contributed by atoms with E-state index in [0.717, 1.165) is 35.4 Å². The fourth-order valence-electron chi connectivity index (χ4n) is 2.99. The molecular weight excluding hydrogens is 343 g/mol. The minimum Gasteiger partial charge on any atom is -0.490 e. The maximum absolute atomic E-state index is 13.1. The number of hydrogen-bond donors (Lipinski definition) is 1. The van der Waals surface area contributed by atoms with Gasteiger partial charge in [0, 0.05) is 30.4 Å². The van der Waals surface area contributed by atoms with Gasteiger partial charge in [0.15, 0.2) is 0 Å². The number of nitrogens with zero attached hydrogens (tertiary/aromatic N) is 2. The molecule has 1 N–H and O–H groups in total. The number of likely N-dealkylation sites (N-methyl/N-ethyl adjacent to an activating group) is 1. The average Bonchev–Trinajstić information content (AvgIpc) is 3.10. The summed E-state index contributed by atoms with van der Waals surface area (Å²) in [4.78, 5) is 2.15. The summed E-state index contributed by atoms with van der Waals surface area (Å²) in [5.41, 5.74) is 1.97. The molecule has 0 radical (unpaired) electrons. The molecular formula is C22H25FN2O2. The normalized spacial score (nSPS) is 11.7. The highest BCUT2D eigenvalue weighted by Crippen LogP contribution is 2.25. The molecule has 1 aromatic heterocycles. The van der Waals surface area contributed by atoms with E-state index in [2.05, 4.69) is 17.9 Å². The first-order chi connectivity index (χ1) is 13.2. The van der Waals surface area contributed by atoms with Crippen molar-refractivity contribution in [2.24, 2.45) is 0 Å². The Kier molecular flexibility index (Phi) is 6.63. The van der Waals surface area contributed by atoms with Crippen LogP contribution in [0.15, 0.2) is 66.9 Å². The molecule has 0 bridgehead atoms. The van der Waals surface area contributed by atoms with Gasteiger partial charge in [-0.1, -0.05) is 19.1 Å². The molecule has 3 rings (SSSR count). The molecule has 0 amide bonds. The maximum atomic E-state index is 13.1. The second-order valence-corrected chi connectivity index (χ2v) is 6.28. The van der Waals surface area contributed by atoms with Crippen LogP contribution < -0.4 is 4.74 Å². The Labute approximate surface area is 159 Å². The molecule has 4 nitrogen and oxygen atoms in total. The van der Waals surface area contributed by atoms with Crippen molar-refractivity contribution in [3.05, 3.63) is 72.7 Å². The van der Waals surface area contributed by atoms with Gasteiger partial charge in [-0.2, -0.15) is 0 Å². The van der Waals surface area contributed by atoms with Crippen LogP contribution in [0, 0.1) is 5.82 Å². The zero-order valence-electron chi connectivity index (χ0n) is 15.5. The quantitative estimate of drug-likeness (QED) is 0.580. The Balaban J connectivity index is 1.61. The number of hydrogen-bond acceptors (Lipinski definition) is 3. The van der Waals surface area contributed by atoms with E-state index >= 15 is 0 Å². The lowest BCUT2D eigenvalue weighted by molar-refractivity contribution is 0.214. The second kappa shape index (κ2) is 9.35. The predicted octanol–water partition coefficient (Wildman–Crippen LogP) is 4.02. The minimum absolute atomic E-state index is 0.176. The van der Waals surface area contributed by atoms with Crippen molar-refractivity contribution in [3.8, 4) is 11.4 Å². The number of ether oxygens (including phenoxy) is 1. The van der Waals surface area contributed by atoms with Gasteiger partial charge >= 0.3 is 0 Å². The third-order valence-corrected chi connectivity index (χ3v) is 4.51. The van der Waals surface area contributed by atoms with Crippen LogP contribution in [0.25, 0.3) is 16.6 Å². The molecule has 0 unspecified atom stereocenters. The summed E-state index contributed by atoms with van der Waals surface area (Å²) in [5, 5.41) is 10.1. The highest BCUT2D eigenvalue weighted by molar-refractivity contribution is 5.83. The van der Waals surface area contributed by atoms with Crippen LogP contribution in [0.2, 0.25) is 0 Å². The summed E-state index contributed by atoms with van der Waals surface area (Å²) in [6.07, 6.45) is 6.03. The van der Waals surface area contributed by atoms with Crippen molar-refractivity contribution >= 4 is 10.9 Å². The second-order valence-electron chi connectivity index (χ2n) is 6.28. The van der Waals surface area contributed by atoms with Crippen LogP contribution in [0.4, 0.5) is 4.39 Å². The van der Waals surface area contributed by atoms with E-state index in [1.807, 2.05) is 41.1 Å². The van der Waals surface area contributed by atoms with Gasteiger partial charge in [-0.3, -0.25) is 4.90 Å². The number of halogens is 1. The Morgan fingerprint density at radius 1 is 1.11 bits per heavy atom. The standard InChI is InChI=1S/C22H25FN2O2/c1-2-24(14-15-26)12-3-4-16-27-21-9-10-22-18(17-21)11-13-25(22)20-7-5-19(23)6-8-20/h3-11,13,17,26H,2,12,14-16H2,1H3/b4-3+. The molecule has 0 atom stereocenters. The molecule has 0 fully saturated rings. The van der Waals surface area contributed by atoms with Gasteiger partial charge < -0.3 is 14.4 Å². The van der Waals surface area contributed by atoms with Crippen molar-refractivity contribution in [1.82, 2.24) is 9.47 Å². The number of aliphatic hydroxyl groups excluding tert-OH is 1. The van der Waals surface area contributed by atoms with Crippen LogP contribution >= 0.6 is 0 Å². The van der Waals surface area contributed by atoms with Gasteiger partial charge in [0.2, 0.25) is 0 Å². The molecule has 1 heterocycles. The Bertz CT molecular complexity index is 887. The van der Waals surface area contributed by atoms with Crippen molar-refractivity contribution < 1.29 is 14.2 Å². The monoisotopic (exact) mass is 368 g/mol. The first-order valence-electron chi connectivity index (χ1n) is 9.19. The number of aromatic nitrogens is 1. The van der Waals surface area contributed by atoms with Gasteiger partial charge in [-0.25, -0.2) is 4.39 Å². The van der Waals surface area contributed by atoms with Gasteiger partial charge in [0.05, 0.1) is 12.1 Å². The number of benzene rings is 2. The molecule has 0 aliphatic rings. The van der Waals surface area contributed by atoms with E-state index in [4.69, 9.17) is 9.84 Å². The van der Waals surface area contributed by atoms with Crippen molar-refractivity contribution in [1.29, 1.82) is 0 Å².